The van der Waals surface area contributed by atoms with Crippen molar-refractivity contribution >= 4 is 12.0 Å². The lowest BCUT2D eigenvalue weighted by molar-refractivity contribution is -0.362. The Balaban J connectivity index is 1.37. The molecule has 9 nitrogen and oxygen atoms in total. The smallest absolute Gasteiger partial charge is 0.456 e. The molecule has 4 fully saturated rings. The zero-order chi connectivity index (χ0) is 35.8. The fourth-order valence-corrected chi connectivity index (χ4v) is 9.58. The van der Waals surface area contributed by atoms with Crippen LogP contribution in [0, 0.1) is 22.7 Å². The van der Waals surface area contributed by atoms with Crippen molar-refractivity contribution in [2.75, 3.05) is 19.8 Å². The molecule has 1 spiro atoms. The molecule has 14 heteroatoms. The molecular weight excluding hydrogens is 655 g/mol. The van der Waals surface area contributed by atoms with E-state index in [1.807, 2.05) is 13.8 Å². The number of carbonyl (C=O) groups excluding carboxylic acids is 1. The van der Waals surface area contributed by atoms with Crippen LogP contribution >= 0.6 is 0 Å². The van der Waals surface area contributed by atoms with Gasteiger partial charge in [-0.05, 0) is 67.1 Å². The molecule has 5 N–H and O–H groups in total. The molecule has 3 unspecified atom stereocenters. The van der Waals surface area contributed by atoms with Crippen molar-refractivity contribution in [1.82, 2.24) is 10.6 Å². The van der Waals surface area contributed by atoms with Crippen LogP contribution in [0.5, 0.6) is 0 Å². The molecule has 5 aliphatic rings. The summed E-state index contributed by atoms with van der Waals surface area (Å²) in [6, 6.07) is 6.17. The first kappa shape index (κ1) is 36.0. The number of amides is 2. The third-order valence-corrected chi connectivity index (χ3v) is 12.1. The van der Waals surface area contributed by atoms with Crippen molar-refractivity contribution in [3.8, 4) is 0 Å². The van der Waals surface area contributed by atoms with Gasteiger partial charge in [-0.2, -0.15) is 22.0 Å². The van der Waals surface area contributed by atoms with E-state index in [4.69, 9.17) is 14.6 Å². The topological polar surface area (TPSA) is 137 Å². The van der Waals surface area contributed by atoms with Crippen LogP contribution in [-0.2, 0) is 20.8 Å². The normalized spacial score (nSPS) is 35.3. The predicted molar refractivity (Wildman–Crippen MR) is 165 cm³/mol. The van der Waals surface area contributed by atoms with E-state index < -0.39 is 77.2 Å². The molecule has 1 aromatic carbocycles. The minimum Gasteiger partial charge on any atom is -0.480 e. The van der Waals surface area contributed by atoms with Crippen molar-refractivity contribution in [2.45, 2.75) is 114 Å². The number of carboxylic acids is 1. The van der Waals surface area contributed by atoms with E-state index >= 15 is 8.78 Å². The van der Waals surface area contributed by atoms with Crippen molar-refractivity contribution in [3.05, 3.63) is 46.5 Å². The van der Waals surface area contributed by atoms with Gasteiger partial charge in [0, 0.05) is 36.1 Å². The second-order valence-electron chi connectivity index (χ2n) is 15.9. The van der Waals surface area contributed by atoms with Gasteiger partial charge in [0.2, 0.25) is 0 Å². The maximum Gasteiger partial charge on any atom is 0.456 e. The number of urea groups is 1. The van der Waals surface area contributed by atoms with Crippen LogP contribution in [0.1, 0.15) is 89.2 Å². The highest BCUT2D eigenvalue weighted by Crippen LogP contribution is 2.71. The molecule has 0 aromatic heterocycles. The minimum absolute atomic E-state index is 0.00887. The molecule has 6 atom stereocenters. The number of alkyl halides is 5. The van der Waals surface area contributed by atoms with E-state index in [1.165, 1.54) is 6.92 Å². The Labute approximate surface area is 281 Å². The van der Waals surface area contributed by atoms with Gasteiger partial charge in [0.05, 0.1) is 18.8 Å². The van der Waals surface area contributed by atoms with E-state index in [1.54, 1.807) is 24.3 Å². The lowest BCUT2D eigenvalue weighted by atomic mass is 9.49. The lowest BCUT2D eigenvalue weighted by Gasteiger charge is -2.59. The van der Waals surface area contributed by atoms with Crippen LogP contribution in [0.4, 0.5) is 26.7 Å². The first-order chi connectivity index (χ1) is 22.7. The number of allylic oxidation sites excluding steroid dienone is 1. The number of aliphatic hydroxyl groups is 2. The minimum atomic E-state index is -5.95. The average Bonchev–Trinajstić information content (AvgIpc) is 3.30. The van der Waals surface area contributed by atoms with E-state index in [-0.39, 0.29) is 37.6 Å². The summed E-state index contributed by atoms with van der Waals surface area (Å²) in [5.41, 5.74) is -3.77. The summed E-state index contributed by atoms with van der Waals surface area (Å²) in [5, 5.41) is 37.4. The number of rotatable bonds is 6. The Morgan fingerprint density at radius 3 is 2.20 bits per heavy atom. The van der Waals surface area contributed by atoms with Crippen molar-refractivity contribution in [2.24, 2.45) is 22.7 Å². The monoisotopic (exact) mass is 700 g/mol. The summed E-state index contributed by atoms with van der Waals surface area (Å²) in [6.45, 7) is 5.82. The number of nitrogens with one attached hydrogen (secondary N) is 2. The zero-order valence-corrected chi connectivity index (χ0v) is 27.9. The maximum absolute atomic E-state index is 15.4. The molecule has 1 aliphatic heterocycles. The third kappa shape index (κ3) is 5.93. The number of benzene rings is 1. The molecule has 1 saturated heterocycles. The molecule has 1 aromatic rings. The van der Waals surface area contributed by atoms with Gasteiger partial charge in [-0.3, -0.25) is 4.79 Å². The molecular formula is C35H45F5N2O7. The Kier molecular flexibility index (Phi) is 8.73. The molecule has 0 bridgehead atoms. The third-order valence-electron chi connectivity index (χ3n) is 12.1. The fraction of sp³-hybridized carbons (Fsp3) is 0.714. The highest BCUT2D eigenvalue weighted by Gasteiger charge is 2.79. The summed E-state index contributed by atoms with van der Waals surface area (Å²) < 4.78 is 85.0. The first-order valence-corrected chi connectivity index (χ1v) is 16.9. The van der Waals surface area contributed by atoms with E-state index in [2.05, 4.69) is 10.6 Å². The number of carbonyl (C=O) groups is 2. The van der Waals surface area contributed by atoms with Crippen LogP contribution in [0.15, 0.2) is 35.4 Å². The van der Waals surface area contributed by atoms with Gasteiger partial charge in [-0.25, -0.2) is 4.79 Å². The van der Waals surface area contributed by atoms with Crippen LogP contribution < -0.4 is 10.6 Å². The Bertz CT molecular complexity index is 1500. The predicted octanol–water partition coefficient (Wildman–Crippen LogP) is 5.79. The van der Waals surface area contributed by atoms with Gasteiger partial charge in [-0.1, -0.05) is 50.6 Å². The zero-order valence-electron chi connectivity index (χ0n) is 27.9. The number of carboxylic acid groups (broad SMARTS) is 1. The molecule has 6 rings (SSSR count). The number of hydrogen-bond acceptors (Lipinski definition) is 6. The quantitative estimate of drug-likeness (QED) is 0.187. The molecule has 272 valence electrons. The van der Waals surface area contributed by atoms with Crippen molar-refractivity contribution < 1.29 is 56.3 Å². The SMILES string of the molecule is CC1(C)COC2(CCC3=C4C(CCC3(O)C2)C2CC[C@@](O)(C(F)(F)C(F)(F)F)[C@@]2(C)C[C@@H]4c2ccc(CNC(=O)NCC(=O)O)cc2)OC1. The Hall–Kier alpha value is -2.81. The summed E-state index contributed by atoms with van der Waals surface area (Å²) in [4.78, 5) is 22.7. The van der Waals surface area contributed by atoms with Gasteiger partial charge < -0.3 is 35.4 Å². The molecule has 0 radical (unpaired) electrons. The van der Waals surface area contributed by atoms with E-state index in [9.17, 15) is 33.0 Å². The lowest BCUT2D eigenvalue weighted by Crippen LogP contribution is -2.65. The number of halogens is 5. The van der Waals surface area contributed by atoms with Crippen LogP contribution in [-0.4, -0.2) is 76.2 Å². The molecule has 3 saturated carbocycles. The molecule has 2 amide bonds. The summed E-state index contributed by atoms with van der Waals surface area (Å²) in [6.07, 6.45) is -5.20. The largest absolute Gasteiger partial charge is 0.480 e. The molecule has 49 heavy (non-hydrogen) atoms. The Morgan fingerprint density at radius 2 is 1.59 bits per heavy atom. The second-order valence-corrected chi connectivity index (χ2v) is 15.9. The van der Waals surface area contributed by atoms with E-state index in [0.717, 1.165) is 11.1 Å². The second kappa shape index (κ2) is 11.9. The first-order valence-electron chi connectivity index (χ1n) is 16.9. The highest BCUT2D eigenvalue weighted by molar-refractivity contribution is 5.79. The number of hydrogen-bond donors (Lipinski definition) is 5. The summed E-state index contributed by atoms with van der Waals surface area (Å²) in [5.74, 6) is -9.30. The van der Waals surface area contributed by atoms with Gasteiger partial charge in [0.15, 0.2) is 5.79 Å². The standard InChI is InChI=1S/C35H45F5N2O7/c1-29(2)18-48-32(49-19-29)12-9-25-27-22(8-11-31(25,46)17-32)24-10-13-33(47,34(36,37)35(38,39)40)30(24,3)14-23(27)21-6-4-20(5-7-21)15-41-28(45)42-16-26(43)44/h4-7,22-24,46-47H,8-19H2,1-3H3,(H,43,44)(H2,41,42,45)/t22?,23-,24?,30+,31?,33+/m1/s1. The maximum atomic E-state index is 15.4. The van der Waals surface area contributed by atoms with Gasteiger partial charge in [0.1, 0.15) is 12.1 Å². The van der Waals surface area contributed by atoms with Crippen molar-refractivity contribution in [3.63, 3.8) is 0 Å². The summed E-state index contributed by atoms with van der Waals surface area (Å²) in [7, 11) is 0. The van der Waals surface area contributed by atoms with Crippen molar-refractivity contribution in [1.29, 1.82) is 0 Å². The van der Waals surface area contributed by atoms with Crippen LogP contribution in [0.3, 0.4) is 0 Å². The summed E-state index contributed by atoms with van der Waals surface area (Å²) >= 11 is 0. The van der Waals surface area contributed by atoms with Gasteiger partial charge in [-0.15, -0.1) is 0 Å². The average molecular weight is 701 g/mol. The van der Waals surface area contributed by atoms with Gasteiger partial charge in [0.25, 0.3) is 0 Å². The fourth-order valence-electron chi connectivity index (χ4n) is 9.58. The van der Waals surface area contributed by atoms with Crippen LogP contribution in [0.2, 0.25) is 0 Å². The Morgan fingerprint density at radius 1 is 0.939 bits per heavy atom. The van der Waals surface area contributed by atoms with Crippen LogP contribution in [0.25, 0.3) is 0 Å². The van der Waals surface area contributed by atoms with E-state index in [0.29, 0.717) is 43.6 Å². The number of fused-ring (bicyclic) bond motifs is 4. The molecule has 4 aliphatic carbocycles. The number of aliphatic carboxylic acids is 1. The highest BCUT2D eigenvalue weighted by atomic mass is 19.4. The number of ether oxygens (including phenoxy) is 2. The van der Waals surface area contributed by atoms with Gasteiger partial charge >= 0.3 is 24.1 Å². The molecule has 1 heterocycles.